The van der Waals surface area contributed by atoms with Crippen molar-refractivity contribution < 1.29 is 14.3 Å². The fourth-order valence-corrected chi connectivity index (χ4v) is 8.59. The highest BCUT2D eigenvalue weighted by molar-refractivity contribution is 5.83. The molecule has 8 unspecified atom stereocenters. The van der Waals surface area contributed by atoms with Crippen LogP contribution in [0.25, 0.3) is 0 Å². The summed E-state index contributed by atoms with van der Waals surface area (Å²) >= 11 is 0. The highest BCUT2D eigenvalue weighted by Crippen LogP contribution is 2.67. The van der Waals surface area contributed by atoms with E-state index in [1.807, 2.05) is 13.8 Å². The molecule has 3 nitrogen and oxygen atoms in total. The third-order valence-electron chi connectivity index (χ3n) is 10.2. The second-order valence-corrected chi connectivity index (χ2v) is 11.2. The summed E-state index contributed by atoms with van der Waals surface area (Å²) in [6, 6.07) is 0. The topological polar surface area (TPSA) is 43.4 Å². The van der Waals surface area contributed by atoms with Gasteiger partial charge in [-0.05, 0) is 85.4 Å². The average molecular weight is 419 g/mol. The zero-order chi connectivity index (χ0) is 22.1. The van der Waals surface area contributed by atoms with Crippen molar-refractivity contribution in [3.05, 3.63) is 0 Å². The van der Waals surface area contributed by atoms with Gasteiger partial charge >= 0.3 is 5.97 Å². The maximum Gasteiger partial charge on any atom is 0.305 e. The van der Waals surface area contributed by atoms with E-state index in [4.69, 9.17) is 4.74 Å². The Morgan fingerprint density at radius 3 is 2.43 bits per heavy atom. The number of carbonyl (C=O) groups excluding carboxylic acids is 2. The first-order valence-electron chi connectivity index (χ1n) is 12.9. The first kappa shape index (κ1) is 23.8. The van der Waals surface area contributed by atoms with Gasteiger partial charge in [0.1, 0.15) is 5.78 Å². The Hall–Kier alpha value is -0.860. The number of fused-ring (bicyclic) bond motifs is 5. The Morgan fingerprint density at radius 1 is 1.03 bits per heavy atom. The Labute approximate surface area is 185 Å². The van der Waals surface area contributed by atoms with E-state index in [0.29, 0.717) is 53.1 Å². The van der Waals surface area contributed by atoms with Gasteiger partial charge in [-0.3, -0.25) is 9.59 Å². The molecule has 4 aliphatic rings. The van der Waals surface area contributed by atoms with E-state index in [0.717, 1.165) is 12.8 Å². The van der Waals surface area contributed by atoms with E-state index in [-0.39, 0.29) is 11.4 Å². The lowest BCUT2D eigenvalue weighted by Gasteiger charge is -2.60. The van der Waals surface area contributed by atoms with E-state index in [9.17, 15) is 9.59 Å². The molecule has 0 saturated heterocycles. The molecule has 4 rings (SSSR count). The second kappa shape index (κ2) is 9.33. The lowest BCUT2D eigenvalue weighted by atomic mass is 9.44. The minimum Gasteiger partial charge on any atom is -0.469 e. The molecule has 4 aliphatic carbocycles. The predicted molar refractivity (Wildman–Crippen MR) is 122 cm³/mol. The van der Waals surface area contributed by atoms with Gasteiger partial charge in [-0.1, -0.05) is 47.5 Å². The van der Waals surface area contributed by atoms with Crippen molar-refractivity contribution in [2.24, 2.45) is 46.3 Å². The number of ketones is 1. The first-order valence-corrected chi connectivity index (χ1v) is 12.9. The number of rotatable bonds is 4. The fourth-order valence-electron chi connectivity index (χ4n) is 8.59. The van der Waals surface area contributed by atoms with Crippen LogP contribution in [0, 0.1) is 46.3 Å². The van der Waals surface area contributed by atoms with Crippen LogP contribution in [0.2, 0.25) is 0 Å². The summed E-state index contributed by atoms with van der Waals surface area (Å²) in [6.45, 7) is 11.4. The normalized spacial score (nSPS) is 43.4. The molecule has 172 valence electrons. The first-order chi connectivity index (χ1) is 14.3. The molecule has 0 heterocycles. The van der Waals surface area contributed by atoms with Gasteiger partial charge in [-0.15, -0.1) is 0 Å². The van der Waals surface area contributed by atoms with E-state index in [1.54, 1.807) is 0 Å². The van der Waals surface area contributed by atoms with Gasteiger partial charge in [0.05, 0.1) is 7.11 Å². The van der Waals surface area contributed by atoms with Gasteiger partial charge in [-0.25, -0.2) is 0 Å². The lowest BCUT2D eigenvalue weighted by Crippen LogP contribution is -2.56. The molecule has 3 heteroatoms. The third kappa shape index (κ3) is 3.88. The van der Waals surface area contributed by atoms with Crippen molar-refractivity contribution in [2.45, 2.75) is 105 Å². The molecule has 8 atom stereocenters. The van der Waals surface area contributed by atoms with Crippen LogP contribution in [0.5, 0.6) is 0 Å². The zero-order valence-corrected chi connectivity index (χ0v) is 20.5. The number of Topliss-reactive ketones (excluding diaryl/α,β-unsaturated/α-hetero) is 1. The molecule has 0 spiro atoms. The summed E-state index contributed by atoms with van der Waals surface area (Å²) in [4.78, 5) is 25.0. The van der Waals surface area contributed by atoms with Crippen molar-refractivity contribution in [1.82, 2.24) is 0 Å². The van der Waals surface area contributed by atoms with Gasteiger partial charge in [0.25, 0.3) is 0 Å². The molecular weight excluding hydrogens is 372 g/mol. The van der Waals surface area contributed by atoms with Crippen molar-refractivity contribution >= 4 is 11.8 Å². The minimum atomic E-state index is -0.0889. The number of esters is 1. The van der Waals surface area contributed by atoms with Crippen molar-refractivity contribution in [1.29, 1.82) is 0 Å². The average Bonchev–Trinajstić information content (AvgIpc) is 3.10. The molecule has 0 amide bonds. The van der Waals surface area contributed by atoms with E-state index in [1.165, 1.54) is 58.5 Å². The van der Waals surface area contributed by atoms with Crippen molar-refractivity contribution in [3.8, 4) is 0 Å². The minimum absolute atomic E-state index is 0.0889. The molecule has 0 radical (unpaired) electrons. The largest absolute Gasteiger partial charge is 0.469 e. The Bertz CT molecular complexity index is 628. The zero-order valence-electron chi connectivity index (χ0n) is 20.5. The summed E-state index contributed by atoms with van der Waals surface area (Å²) < 4.78 is 4.86. The molecular formula is C27H46O3. The summed E-state index contributed by atoms with van der Waals surface area (Å²) in [5.41, 5.74) is 0.691. The molecule has 0 aromatic rings. The molecule has 0 aliphatic heterocycles. The predicted octanol–water partition coefficient (Wildman–Crippen LogP) is 6.83. The second-order valence-electron chi connectivity index (χ2n) is 11.2. The van der Waals surface area contributed by atoms with Gasteiger partial charge in [0.15, 0.2) is 0 Å². The molecule has 4 fully saturated rings. The van der Waals surface area contributed by atoms with Gasteiger partial charge < -0.3 is 4.74 Å². The Morgan fingerprint density at radius 2 is 1.73 bits per heavy atom. The summed E-state index contributed by atoms with van der Waals surface area (Å²) in [5.74, 6) is 3.86. The molecule has 0 N–H and O–H groups in total. The highest BCUT2D eigenvalue weighted by atomic mass is 16.5. The summed E-state index contributed by atoms with van der Waals surface area (Å²) in [5, 5.41) is 0. The van der Waals surface area contributed by atoms with Crippen LogP contribution in [-0.2, 0) is 14.3 Å². The van der Waals surface area contributed by atoms with Gasteiger partial charge in [0, 0.05) is 18.8 Å². The van der Waals surface area contributed by atoms with Crippen LogP contribution in [0.15, 0.2) is 0 Å². The van der Waals surface area contributed by atoms with Crippen LogP contribution in [0.3, 0.4) is 0 Å². The number of hydrogen-bond acceptors (Lipinski definition) is 3. The van der Waals surface area contributed by atoms with Crippen LogP contribution in [0.1, 0.15) is 105 Å². The van der Waals surface area contributed by atoms with Crippen molar-refractivity contribution in [3.63, 3.8) is 0 Å². The Kier molecular flexibility index (Phi) is 7.40. The molecule has 0 aromatic heterocycles. The van der Waals surface area contributed by atoms with Gasteiger partial charge in [-0.2, -0.15) is 0 Å². The molecule has 4 saturated carbocycles. The van der Waals surface area contributed by atoms with Gasteiger partial charge in [0.2, 0.25) is 0 Å². The maximum absolute atomic E-state index is 13.4. The number of hydrogen-bond donors (Lipinski definition) is 0. The quantitative estimate of drug-likeness (QED) is 0.470. The summed E-state index contributed by atoms with van der Waals surface area (Å²) in [7, 11) is 1.48. The van der Waals surface area contributed by atoms with E-state index >= 15 is 0 Å². The molecule has 0 bridgehead atoms. The highest BCUT2D eigenvalue weighted by Gasteiger charge is 2.62. The molecule has 0 aromatic carbocycles. The standard InChI is InChI=1S/C25H40O3.C2H6/c1-16(8-11-22(27)28-4)18-9-10-19-23-20(12-14-25(18,19)3)24(2)13-6-5-7-17(24)15-21(23)26;1-2/h16-20,23H,5-15H2,1-4H3;1-2H3. The molecule has 30 heavy (non-hydrogen) atoms. The maximum atomic E-state index is 13.4. The van der Waals surface area contributed by atoms with E-state index in [2.05, 4.69) is 20.8 Å². The third-order valence-corrected chi connectivity index (χ3v) is 10.2. The van der Waals surface area contributed by atoms with Crippen LogP contribution in [-0.4, -0.2) is 18.9 Å². The van der Waals surface area contributed by atoms with E-state index < -0.39 is 0 Å². The summed E-state index contributed by atoms with van der Waals surface area (Å²) in [6.07, 6.45) is 12.6. The van der Waals surface area contributed by atoms with Crippen LogP contribution >= 0.6 is 0 Å². The lowest BCUT2D eigenvalue weighted by molar-refractivity contribution is -0.156. The number of ether oxygens (including phenoxy) is 1. The smallest absolute Gasteiger partial charge is 0.305 e. The Balaban J connectivity index is 0.00000124. The monoisotopic (exact) mass is 418 g/mol. The number of methoxy groups -OCH3 is 1. The fraction of sp³-hybridized carbons (Fsp3) is 0.926. The van der Waals surface area contributed by atoms with Crippen LogP contribution in [0.4, 0.5) is 0 Å². The SMILES string of the molecule is CC.COC(=O)CCC(C)C1CCC2C3C(=O)CC4CCCCC4(C)C3CCC12C. The number of carbonyl (C=O) groups is 2. The van der Waals surface area contributed by atoms with Crippen LogP contribution < -0.4 is 0 Å². The van der Waals surface area contributed by atoms with Crippen molar-refractivity contribution in [2.75, 3.05) is 7.11 Å².